The Morgan fingerprint density at radius 2 is 1.73 bits per heavy atom. The van der Waals surface area contributed by atoms with Gasteiger partial charge in [-0.15, -0.1) is 11.3 Å². The average molecular weight is 491 g/mol. The minimum Gasteiger partial charge on any atom is -0.495 e. The van der Waals surface area contributed by atoms with E-state index in [1.165, 1.54) is 25.4 Å². The second-order valence-electron chi connectivity index (χ2n) is 6.86. The molecular formula is C23H23ClN2O6S. The van der Waals surface area contributed by atoms with E-state index in [1.54, 1.807) is 43.9 Å². The molecule has 0 saturated carbocycles. The second-order valence-corrected chi connectivity index (χ2v) is 8.15. The van der Waals surface area contributed by atoms with Gasteiger partial charge in [0.2, 0.25) is 0 Å². The molecule has 0 spiro atoms. The summed E-state index contributed by atoms with van der Waals surface area (Å²) < 4.78 is 21.1. The number of esters is 1. The van der Waals surface area contributed by atoms with Crippen LogP contribution in [0.5, 0.6) is 17.2 Å². The van der Waals surface area contributed by atoms with E-state index in [-0.39, 0.29) is 6.42 Å². The van der Waals surface area contributed by atoms with Crippen LogP contribution in [0.3, 0.4) is 0 Å². The first-order valence-electron chi connectivity index (χ1n) is 9.85. The Labute approximate surface area is 200 Å². The standard InChI is InChI=1S/C23H23ClN2O6S/c1-13(22(28)26-17-10-15(24)6-8-18(17)29-2)32-21(27)11-16-12-33-23(25-16)14-5-7-19(30-3)20(9-14)31-4/h5-10,12-13H,11H2,1-4H3,(H,26,28). The number of anilines is 1. The van der Waals surface area contributed by atoms with Gasteiger partial charge in [-0.25, -0.2) is 4.98 Å². The smallest absolute Gasteiger partial charge is 0.312 e. The minimum atomic E-state index is -1.02. The van der Waals surface area contributed by atoms with Crippen molar-refractivity contribution in [3.05, 3.63) is 52.5 Å². The van der Waals surface area contributed by atoms with Crippen LogP contribution in [0.15, 0.2) is 41.8 Å². The molecule has 1 atom stereocenters. The Bertz CT molecular complexity index is 1150. The van der Waals surface area contributed by atoms with E-state index < -0.39 is 18.0 Å². The van der Waals surface area contributed by atoms with Crippen molar-refractivity contribution in [2.24, 2.45) is 0 Å². The van der Waals surface area contributed by atoms with Gasteiger partial charge in [-0.05, 0) is 43.3 Å². The van der Waals surface area contributed by atoms with Gasteiger partial charge in [0, 0.05) is 16.0 Å². The summed E-state index contributed by atoms with van der Waals surface area (Å²) in [6, 6.07) is 10.3. The topological polar surface area (TPSA) is 96.0 Å². The van der Waals surface area contributed by atoms with Crippen molar-refractivity contribution in [2.75, 3.05) is 26.6 Å². The number of aromatic nitrogens is 1. The highest BCUT2D eigenvalue weighted by molar-refractivity contribution is 7.13. The van der Waals surface area contributed by atoms with Crippen LogP contribution in [0.25, 0.3) is 10.6 Å². The van der Waals surface area contributed by atoms with Gasteiger partial charge in [-0.3, -0.25) is 9.59 Å². The maximum absolute atomic E-state index is 12.5. The van der Waals surface area contributed by atoms with Crippen LogP contribution >= 0.6 is 22.9 Å². The van der Waals surface area contributed by atoms with E-state index in [0.29, 0.717) is 33.7 Å². The Balaban J connectivity index is 1.60. The fourth-order valence-corrected chi connectivity index (χ4v) is 3.93. The molecule has 0 aliphatic carbocycles. The number of amides is 1. The summed E-state index contributed by atoms with van der Waals surface area (Å²) in [5.41, 5.74) is 1.76. The third-order valence-corrected chi connectivity index (χ3v) is 5.78. The highest BCUT2D eigenvalue weighted by atomic mass is 35.5. The summed E-state index contributed by atoms with van der Waals surface area (Å²) in [6.45, 7) is 1.49. The van der Waals surface area contributed by atoms with Crippen molar-refractivity contribution in [3.8, 4) is 27.8 Å². The molecular weight excluding hydrogens is 468 g/mol. The number of rotatable bonds is 9. The molecule has 3 aromatic rings. The highest BCUT2D eigenvalue weighted by Crippen LogP contribution is 2.33. The first kappa shape index (κ1) is 24.3. The molecule has 10 heteroatoms. The van der Waals surface area contributed by atoms with Gasteiger partial charge in [0.05, 0.1) is 39.1 Å². The zero-order chi connectivity index (χ0) is 24.0. The molecule has 1 heterocycles. The fraction of sp³-hybridized carbons (Fsp3) is 0.261. The van der Waals surface area contributed by atoms with Crippen LogP contribution in [0, 0.1) is 0 Å². The quantitative estimate of drug-likeness (QED) is 0.438. The van der Waals surface area contributed by atoms with Crippen LogP contribution in [0.1, 0.15) is 12.6 Å². The Kier molecular flexibility index (Phi) is 8.13. The van der Waals surface area contributed by atoms with Gasteiger partial charge in [0.25, 0.3) is 5.91 Å². The van der Waals surface area contributed by atoms with Crippen molar-refractivity contribution < 1.29 is 28.5 Å². The fourth-order valence-electron chi connectivity index (χ4n) is 2.94. The van der Waals surface area contributed by atoms with Crippen molar-refractivity contribution in [2.45, 2.75) is 19.4 Å². The summed E-state index contributed by atoms with van der Waals surface area (Å²) in [6.07, 6.45) is -1.09. The van der Waals surface area contributed by atoms with Gasteiger partial charge in [0.15, 0.2) is 17.6 Å². The van der Waals surface area contributed by atoms with E-state index in [9.17, 15) is 9.59 Å². The molecule has 1 unspecified atom stereocenters. The molecule has 1 N–H and O–H groups in total. The summed E-state index contributed by atoms with van der Waals surface area (Å²) in [5, 5.41) is 5.58. The van der Waals surface area contributed by atoms with E-state index in [0.717, 1.165) is 10.6 Å². The Morgan fingerprint density at radius 1 is 1.03 bits per heavy atom. The number of carbonyl (C=O) groups is 2. The number of methoxy groups -OCH3 is 3. The molecule has 0 fully saturated rings. The number of benzene rings is 2. The van der Waals surface area contributed by atoms with Gasteiger partial charge in [0.1, 0.15) is 10.8 Å². The molecule has 0 aliphatic rings. The summed E-state index contributed by atoms with van der Waals surface area (Å²) in [5.74, 6) is 0.566. The predicted molar refractivity (Wildman–Crippen MR) is 127 cm³/mol. The third-order valence-electron chi connectivity index (χ3n) is 4.60. The van der Waals surface area contributed by atoms with Crippen LogP contribution in [0.2, 0.25) is 5.02 Å². The number of nitrogens with zero attached hydrogens (tertiary/aromatic N) is 1. The molecule has 1 amide bonds. The number of hydrogen-bond acceptors (Lipinski definition) is 8. The zero-order valence-electron chi connectivity index (χ0n) is 18.5. The SMILES string of the molecule is COc1ccc(Cl)cc1NC(=O)C(C)OC(=O)Cc1csc(-c2ccc(OC)c(OC)c2)n1. The largest absolute Gasteiger partial charge is 0.495 e. The maximum Gasteiger partial charge on any atom is 0.312 e. The Morgan fingerprint density at radius 3 is 2.42 bits per heavy atom. The van der Waals surface area contributed by atoms with Crippen LogP contribution in [-0.2, 0) is 20.7 Å². The van der Waals surface area contributed by atoms with E-state index in [4.69, 9.17) is 30.5 Å². The van der Waals surface area contributed by atoms with Gasteiger partial charge < -0.3 is 24.3 Å². The average Bonchev–Trinajstić information content (AvgIpc) is 3.26. The summed E-state index contributed by atoms with van der Waals surface area (Å²) >= 11 is 7.37. The van der Waals surface area contributed by atoms with E-state index >= 15 is 0 Å². The lowest BCUT2D eigenvalue weighted by molar-refractivity contribution is -0.152. The first-order chi connectivity index (χ1) is 15.8. The molecule has 2 aromatic carbocycles. The van der Waals surface area contributed by atoms with Crippen LogP contribution in [0.4, 0.5) is 5.69 Å². The number of carbonyl (C=O) groups excluding carboxylic acids is 2. The highest BCUT2D eigenvalue weighted by Gasteiger charge is 2.20. The normalized spacial score (nSPS) is 11.4. The number of thiazole rings is 1. The minimum absolute atomic E-state index is 0.0676. The van der Waals surface area contributed by atoms with Crippen LogP contribution < -0.4 is 19.5 Å². The molecule has 33 heavy (non-hydrogen) atoms. The number of nitrogens with one attached hydrogen (secondary N) is 1. The zero-order valence-corrected chi connectivity index (χ0v) is 20.1. The lowest BCUT2D eigenvalue weighted by Crippen LogP contribution is -2.30. The molecule has 0 saturated heterocycles. The van der Waals surface area contributed by atoms with Gasteiger partial charge in [-0.1, -0.05) is 11.6 Å². The Hall–Kier alpha value is -3.30. The van der Waals surface area contributed by atoms with E-state index in [1.807, 2.05) is 12.1 Å². The molecule has 3 rings (SSSR count). The molecule has 0 aliphatic heterocycles. The number of ether oxygens (including phenoxy) is 4. The second kappa shape index (κ2) is 11.0. The third kappa shape index (κ3) is 6.15. The molecule has 8 nitrogen and oxygen atoms in total. The number of halogens is 1. The van der Waals surface area contributed by atoms with E-state index in [2.05, 4.69) is 10.3 Å². The predicted octanol–water partition coefficient (Wildman–Crippen LogP) is 4.60. The van der Waals surface area contributed by atoms with Crippen molar-refractivity contribution in [1.82, 2.24) is 4.98 Å². The van der Waals surface area contributed by atoms with Gasteiger partial charge >= 0.3 is 5.97 Å². The first-order valence-corrected chi connectivity index (χ1v) is 11.1. The van der Waals surface area contributed by atoms with Crippen LogP contribution in [-0.4, -0.2) is 44.3 Å². The maximum atomic E-state index is 12.5. The van der Waals surface area contributed by atoms with Crippen molar-refractivity contribution >= 4 is 40.5 Å². The summed E-state index contributed by atoms with van der Waals surface area (Å²) in [7, 11) is 4.61. The number of hydrogen-bond donors (Lipinski definition) is 1. The van der Waals surface area contributed by atoms with Crippen molar-refractivity contribution in [1.29, 1.82) is 0 Å². The van der Waals surface area contributed by atoms with Gasteiger partial charge in [-0.2, -0.15) is 0 Å². The summed E-state index contributed by atoms with van der Waals surface area (Å²) in [4.78, 5) is 29.3. The molecule has 0 bridgehead atoms. The molecule has 1 aromatic heterocycles. The van der Waals surface area contributed by atoms with Crippen molar-refractivity contribution in [3.63, 3.8) is 0 Å². The monoisotopic (exact) mass is 490 g/mol. The lowest BCUT2D eigenvalue weighted by atomic mass is 10.2. The molecule has 0 radical (unpaired) electrons. The lowest BCUT2D eigenvalue weighted by Gasteiger charge is -2.15. The molecule has 174 valence electrons.